The molecule has 0 aromatic rings. The number of hydroxylamine groups is 2. The first kappa shape index (κ1) is 15.1. The smallest absolute Gasteiger partial charge is 0.216 e. The number of rotatable bonds is 4. The van der Waals surface area contributed by atoms with Crippen LogP contribution in [0.4, 0.5) is 0 Å². The van der Waals surface area contributed by atoms with Crippen LogP contribution in [0.25, 0.3) is 0 Å². The van der Waals surface area contributed by atoms with Crippen LogP contribution < -0.4 is 28.9 Å². The Kier molecular flexibility index (Phi) is 7.70. The SMILES string of the molecule is CCC(C)(ON(C)C)[NH+](C)C.[I-]. The van der Waals surface area contributed by atoms with Crippen LogP contribution in [0.5, 0.6) is 0 Å². The summed E-state index contributed by atoms with van der Waals surface area (Å²) < 4.78 is 0. The summed E-state index contributed by atoms with van der Waals surface area (Å²) in [5, 5.41) is 1.76. The number of nitrogens with zero attached hydrogens (tertiary/aromatic N) is 1. The topological polar surface area (TPSA) is 16.9 Å². The van der Waals surface area contributed by atoms with Gasteiger partial charge in [0.25, 0.3) is 0 Å². The summed E-state index contributed by atoms with van der Waals surface area (Å²) >= 11 is 0. The van der Waals surface area contributed by atoms with Crippen molar-refractivity contribution in [2.45, 2.75) is 26.0 Å². The maximum Gasteiger partial charge on any atom is 0.216 e. The van der Waals surface area contributed by atoms with Gasteiger partial charge in [-0.1, -0.05) is 6.92 Å². The van der Waals surface area contributed by atoms with Crippen LogP contribution in [0.2, 0.25) is 0 Å². The second-order valence-electron chi connectivity index (χ2n) is 3.49. The monoisotopic (exact) mass is 288 g/mol. The van der Waals surface area contributed by atoms with Crippen LogP contribution in [-0.2, 0) is 4.84 Å². The third-order valence-electron chi connectivity index (χ3n) is 2.12. The molecule has 4 heteroatoms. The van der Waals surface area contributed by atoms with Crippen molar-refractivity contribution in [1.82, 2.24) is 5.06 Å². The van der Waals surface area contributed by atoms with Gasteiger partial charge in [0.2, 0.25) is 5.72 Å². The first-order chi connectivity index (χ1) is 4.92. The van der Waals surface area contributed by atoms with E-state index in [2.05, 4.69) is 27.9 Å². The fraction of sp³-hybridized carbons (Fsp3) is 1.00. The van der Waals surface area contributed by atoms with Crippen LogP contribution in [0.3, 0.4) is 0 Å². The molecule has 0 rings (SSSR count). The summed E-state index contributed by atoms with van der Waals surface area (Å²) in [6.45, 7) is 4.25. The van der Waals surface area contributed by atoms with Gasteiger partial charge in [-0.2, -0.15) is 5.06 Å². The molecule has 76 valence electrons. The molecular formula is C8H21IN2O. The third kappa shape index (κ3) is 4.59. The molecule has 0 amide bonds. The predicted octanol–water partition coefficient (Wildman–Crippen LogP) is -3.25. The minimum atomic E-state index is -0.0937. The molecule has 0 saturated heterocycles. The molecule has 0 aliphatic rings. The third-order valence-corrected chi connectivity index (χ3v) is 2.12. The summed E-state index contributed by atoms with van der Waals surface area (Å²) in [4.78, 5) is 6.96. The minimum absolute atomic E-state index is 0. The summed E-state index contributed by atoms with van der Waals surface area (Å²) in [7, 11) is 8.04. The Bertz CT molecular complexity index is 120. The van der Waals surface area contributed by atoms with Crippen molar-refractivity contribution in [2.24, 2.45) is 0 Å². The van der Waals surface area contributed by atoms with Gasteiger partial charge in [-0.15, -0.1) is 0 Å². The fourth-order valence-electron chi connectivity index (χ4n) is 0.912. The molecule has 0 bridgehead atoms. The largest absolute Gasteiger partial charge is 1.00 e. The van der Waals surface area contributed by atoms with Gasteiger partial charge in [-0.05, 0) is 0 Å². The molecule has 0 aromatic heterocycles. The fourth-order valence-corrected chi connectivity index (χ4v) is 0.912. The highest BCUT2D eigenvalue weighted by Crippen LogP contribution is 2.06. The Balaban J connectivity index is 0. The summed E-state index contributed by atoms with van der Waals surface area (Å²) in [6, 6.07) is 0. The maximum atomic E-state index is 5.64. The molecule has 0 fully saturated rings. The van der Waals surface area contributed by atoms with Gasteiger partial charge in [0, 0.05) is 27.4 Å². The molecular weight excluding hydrogens is 267 g/mol. The Hall–Kier alpha value is 0.610. The second kappa shape index (κ2) is 6.12. The Labute approximate surface area is 93.0 Å². The summed E-state index contributed by atoms with van der Waals surface area (Å²) in [5.41, 5.74) is -0.0937. The molecule has 12 heavy (non-hydrogen) atoms. The normalized spacial score (nSPS) is 16.0. The summed E-state index contributed by atoms with van der Waals surface area (Å²) in [5.74, 6) is 0. The highest BCUT2D eigenvalue weighted by molar-refractivity contribution is 4.53. The quantitative estimate of drug-likeness (QED) is 0.333. The highest BCUT2D eigenvalue weighted by Gasteiger charge is 2.30. The van der Waals surface area contributed by atoms with Crippen LogP contribution in [-0.4, -0.2) is 39.0 Å². The molecule has 0 aliphatic carbocycles. The van der Waals surface area contributed by atoms with Crippen LogP contribution in [0, 0.1) is 0 Å². The molecule has 1 atom stereocenters. The zero-order valence-corrected chi connectivity index (χ0v) is 11.1. The number of hydrogen-bond acceptors (Lipinski definition) is 2. The van der Waals surface area contributed by atoms with E-state index in [1.54, 1.807) is 5.06 Å². The van der Waals surface area contributed by atoms with E-state index >= 15 is 0 Å². The molecule has 1 N–H and O–H groups in total. The van der Waals surface area contributed by atoms with Gasteiger partial charge in [-0.25, -0.2) is 4.84 Å². The first-order valence-electron chi connectivity index (χ1n) is 4.09. The van der Waals surface area contributed by atoms with Crippen LogP contribution in [0.1, 0.15) is 20.3 Å². The number of quaternary nitrogens is 1. The van der Waals surface area contributed by atoms with Gasteiger partial charge in [0.05, 0.1) is 14.1 Å². The van der Waals surface area contributed by atoms with Gasteiger partial charge < -0.3 is 28.9 Å². The van der Waals surface area contributed by atoms with Gasteiger partial charge in [0.1, 0.15) is 0 Å². The van der Waals surface area contributed by atoms with E-state index in [1.807, 2.05) is 14.1 Å². The van der Waals surface area contributed by atoms with E-state index < -0.39 is 0 Å². The molecule has 0 saturated carbocycles. The Morgan fingerprint density at radius 1 is 1.33 bits per heavy atom. The number of nitrogens with one attached hydrogen (secondary N) is 1. The lowest BCUT2D eigenvalue weighted by molar-refractivity contribution is -0.948. The van der Waals surface area contributed by atoms with Crippen LogP contribution in [0.15, 0.2) is 0 Å². The maximum absolute atomic E-state index is 5.64. The van der Waals surface area contributed by atoms with Crippen molar-refractivity contribution in [3.8, 4) is 0 Å². The lowest BCUT2D eigenvalue weighted by Crippen LogP contribution is -3.15. The summed E-state index contributed by atoms with van der Waals surface area (Å²) in [6.07, 6.45) is 1.01. The average Bonchev–Trinajstić information content (AvgIpc) is 1.86. The van der Waals surface area contributed by atoms with Crippen molar-refractivity contribution >= 4 is 0 Å². The van der Waals surface area contributed by atoms with Crippen LogP contribution >= 0.6 is 0 Å². The van der Waals surface area contributed by atoms with Crippen molar-refractivity contribution in [3.05, 3.63) is 0 Å². The van der Waals surface area contributed by atoms with E-state index in [0.717, 1.165) is 6.42 Å². The average molecular weight is 288 g/mol. The Morgan fingerprint density at radius 3 is 1.83 bits per heavy atom. The lowest BCUT2D eigenvalue weighted by Gasteiger charge is -2.33. The minimum Gasteiger partial charge on any atom is -1.00 e. The molecule has 3 nitrogen and oxygen atoms in total. The van der Waals surface area contributed by atoms with Crippen molar-refractivity contribution in [1.29, 1.82) is 0 Å². The van der Waals surface area contributed by atoms with E-state index in [1.165, 1.54) is 4.90 Å². The zero-order chi connectivity index (χ0) is 9.07. The zero-order valence-electron chi connectivity index (χ0n) is 8.94. The lowest BCUT2D eigenvalue weighted by atomic mass is 10.2. The van der Waals surface area contributed by atoms with Gasteiger partial charge in [-0.3, -0.25) is 0 Å². The van der Waals surface area contributed by atoms with E-state index in [9.17, 15) is 0 Å². The second-order valence-corrected chi connectivity index (χ2v) is 3.49. The standard InChI is InChI=1S/C8H20N2O.HI/c1-7-8(2,9(3)4)11-10(5)6;/h7H2,1-6H3;1H. The van der Waals surface area contributed by atoms with E-state index in [4.69, 9.17) is 4.84 Å². The molecule has 0 aromatic carbocycles. The highest BCUT2D eigenvalue weighted by atomic mass is 127. The van der Waals surface area contributed by atoms with Gasteiger partial charge >= 0.3 is 0 Å². The van der Waals surface area contributed by atoms with E-state index in [0.29, 0.717) is 0 Å². The molecule has 0 spiro atoms. The Morgan fingerprint density at radius 2 is 1.75 bits per heavy atom. The van der Waals surface area contributed by atoms with Crippen molar-refractivity contribution in [2.75, 3.05) is 28.2 Å². The number of halogens is 1. The predicted molar refractivity (Wildman–Crippen MR) is 46.3 cm³/mol. The molecule has 0 radical (unpaired) electrons. The number of hydrogen-bond donors (Lipinski definition) is 1. The first-order valence-corrected chi connectivity index (χ1v) is 4.09. The van der Waals surface area contributed by atoms with E-state index in [-0.39, 0.29) is 29.7 Å². The van der Waals surface area contributed by atoms with Crippen molar-refractivity contribution in [3.63, 3.8) is 0 Å². The molecule has 1 unspecified atom stereocenters. The van der Waals surface area contributed by atoms with Crippen molar-refractivity contribution < 1.29 is 33.7 Å². The molecule has 0 aliphatic heterocycles. The van der Waals surface area contributed by atoms with Gasteiger partial charge in [0.15, 0.2) is 0 Å². The molecule has 0 heterocycles.